The molecule has 0 spiro atoms. The summed E-state index contributed by atoms with van der Waals surface area (Å²) in [5.74, 6) is 1.71. The van der Waals surface area contributed by atoms with E-state index in [0.29, 0.717) is 12.3 Å². The fraction of sp³-hybridized carbons (Fsp3) is 0.588. The third kappa shape index (κ3) is 5.50. The van der Waals surface area contributed by atoms with Crippen LogP contribution in [0.1, 0.15) is 37.7 Å². The molecule has 2 unspecified atom stereocenters. The van der Waals surface area contributed by atoms with Crippen molar-refractivity contribution >= 4 is 18.3 Å². The molecule has 1 aromatic carbocycles. The number of carbonyl (C=O) groups excluding carboxylic acids is 1. The van der Waals surface area contributed by atoms with E-state index in [9.17, 15) is 4.79 Å². The maximum absolute atomic E-state index is 12.1. The van der Waals surface area contributed by atoms with Crippen molar-refractivity contribution < 1.29 is 9.53 Å². The summed E-state index contributed by atoms with van der Waals surface area (Å²) >= 11 is 0. The number of rotatable bonds is 6. The number of hydrogen-bond acceptors (Lipinski definition) is 3. The molecule has 22 heavy (non-hydrogen) atoms. The van der Waals surface area contributed by atoms with Gasteiger partial charge in [0.05, 0.1) is 7.11 Å². The molecule has 1 heterocycles. The van der Waals surface area contributed by atoms with Gasteiger partial charge in [-0.3, -0.25) is 4.79 Å². The lowest BCUT2D eigenvalue weighted by Gasteiger charge is -2.23. The minimum atomic E-state index is 0. The van der Waals surface area contributed by atoms with Crippen molar-refractivity contribution in [3.8, 4) is 5.75 Å². The van der Waals surface area contributed by atoms with Crippen LogP contribution in [0.3, 0.4) is 0 Å². The van der Waals surface area contributed by atoms with Crippen LogP contribution >= 0.6 is 12.4 Å². The Morgan fingerprint density at radius 2 is 2.23 bits per heavy atom. The van der Waals surface area contributed by atoms with Gasteiger partial charge in [0.25, 0.3) is 0 Å². The third-order valence-electron chi connectivity index (χ3n) is 4.15. The van der Waals surface area contributed by atoms with Gasteiger partial charge in [0.15, 0.2) is 0 Å². The van der Waals surface area contributed by atoms with Gasteiger partial charge < -0.3 is 15.4 Å². The van der Waals surface area contributed by atoms with Gasteiger partial charge in [-0.25, -0.2) is 0 Å². The van der Waals surface area contributed by atoms with Crippen LogP contribution in [-0.2, 0) is 4.79 Å². The van der Waals surface area contributed by atoms with Crippen molar-refractivity contribution in [3.63, 3.8) is 0 Å². The number of amides is 1. The largest absolute Gasteiger partial charge is 0.496 e. The average Bonchev–Trinajstić information content (AvgIpc) is 2.53. The molecule has 0 aromatic heterocycles. The predicted molar refractivity (Wildman–Crippen MR) is 91.9 cm³/mol. The number of ether oxygens (including phenoxy) is 1. The number of carbonyl (C=O) groups is 1. The first-order chi connectivity index (χ1) is 10.2. The van der Waals surface area contributed by atoms with Crippen molar-refractivity contribution in [1.29, 1.82) is 0 Å². The van der Waals surface area contributed by atoms with Crippen LogP contribution in [0, 0.1) is 5.92 Å². The maximum atomic E-state index is 12.1. The molecule has 1 fully saturated rings. The van der Waals surface area contributed by atoms with Crippen molar-refractivity contribution in [1.82, 2.24) is 10.6 Å². The first-order valence-electron chi connectivity index (χ1n) is 7.81. The Labute approximate surface area is 139 Å². The van der Waals surface area contributed by atoms with Gasteiger partial charge in [0.2, 0.25) is 5.91 Å². The zero-order valence-electron chi connectivity index (χ0n) is 13.4. The summed E-state index contributed by atoms with van der Waals surface area (Å²) in [6.45, 7) is 4.97. The third-order valence-corrected chi connectivity index (χ3v) is 4.15. The highest BCUT2D eigenvalue weighted by Gasteiger charge is 2.17. The summed E-state index contributed by atoms with van der Waals surface area (Å²) in [4.78, 5) is 12.1. The zero-order chi connectivity index (χ0) is 15.1. The Bertz CT molecular complexity index is 462. The number of nitrogens with one attached hydrogen (secondary N) is 2. The van der Waals surface area contributed by atoms with Crippen LogP contribution in [0.15, 0.2) is 24.3 Å². The van der Waals surface area contributed by atoms with Crippen LogP contribution in [0.2, 0.25) is 0 Å². The Kier molecular flexibility index (Phi) is 8.28. The highest BCUT2D eigenvalue weighted by atomic mass is 35.5. The zero-order valence-corrected chi connectivity index (χ0v) is 14.2. The van der Waals surface area contributed by atoms with E-state index in [1.54, 1.807) is 7.11 Å². The summed E-state index contributed by atoms with van der Waals surface area (Å²) in [6, 6.07) is 7.91. The molecular weight excluding hydrogens is 300 g/mol. The number of piperidine rings is 1. The monoisotopic (exact) mass is 326 g/mol. The fourth-order valence-electron chi connectivity index (χ4n) is 2.89. The summed E-state index contributed by atoms with van der Waals surface area (Å²) in [7, 11) is 1.67. The molecule has 4 nitrogen and oxygen atoms in total. The highest BCUT2D eigenvalue weighted by Crippen LogP contribution is 2.28. The smallest absolute Gasteiger partial charge is 0.220 e. The molecule has 2 rings (SSSR count). The van der Waals surface area contributed by atoms with Crippen LogP contribution in [-0.4, -0.2) is 32.7 Å². The van der Waals surface area contributed by atoms with Gasteiger partial charge >= 0.3 is 0 Å². The fourth-order valence-corrected chi connectivity index (χ4v) is 2.89. The van der Waals surface area contributed by atoms with Crippen molar-refractivity contribution in [2.75, 3.05) is 26.7 Å². The van der Waals surface area contributed by atoms with E-state index in [-0.39, 0.29) is 24.2 Å². The van der Waals surface area contributed by atoms with E-state index in [4.69, 9.17) is 4.74 Å². The molecule has 1 saturated heterocycles. The number of benzene rings is 1. The number of hydrogen-bond donors (Lipinski definition) is 2. The standard InChI is InChI=1S/C17H26N2O2.ClH/c1-13(15-7-3-4-8-16(15)21-2)10-17(20)19-12-14-6-5-9-18-11-14;/h3-4,7-8,13-14,18H,5-6,9-12H2,1-2H3,(H,19,20);1H. The van der Waals surface area contributed by atoms with E-state index >= 15 is 0 Å². The number of para-hydroxylation sites is 1. The Morgan fingerprint density at radius 1 is 1.45 bits per heavy atom. The van der Waals surface area contributed by atoms with E-state index in [1.165, 1.54) is 12.8 Å². The van der Waals surface area contributed by atoms with Crippen LogP contribution in [0.4, 0.5) is 0 Å². The number of halogens is 1. The van der Waals surface area contributed by atoms with Gasteiger partial charge in [-0.2, -0.15) is 0 Å². The van der Waals surface area contributed by atoms with Crippen molar-refractivity contribution in [3.05, 3.63) is 29.8 Å². The van der Waals surface area contributed by atoms with E-state index in [0.717, 1.165) is 30.9 Å². The van der Waals surface area contributed by atoms with E-state index in [1.807, 2.05) is 24.3 Å². The Hall–Kier alpha value is -1.26. The molecular formula is C17H27ClN2O2. The second-order valence-corrected chi connectivity index (χ2v) is 5.86. The lowest BCUT2D eigenvalue weighted by atomic mass is 9.96. The van der Waals surface area contributed by atoms with Crippen molar-refractivity contribution in [2.24, 2.45) is 5.92 Å². The van der Waals surface area contributed by atoms with Gasteiger partial charge in [-0.1, -0.05) is 25.1 Å². The van der Waals surface area contributed by atoms with E-state index < -0.39 is 0 Å². The Morgan fingerprint density at radius 3 is 2.91 bits per heavy atom. The molecule has 0 bridgehead atoms. The molecule has 1 aliphatic rings. The summed E-state index contributed by atoms with van der Waals surface area (Å²) in [5.41, 5.74) is 1.09. The second-order valence-electron chi connectivity index (χ2n) is 5.86. The normalized spacial score (nSPS) is 18.9. The topological polar surface area (TPSA) is 50.4 Å². The predicted octanol–water partition coefficient (Wildman–Crippen LogP) is 2.73. The Balaban J connectivity index is 0.00000242. The number of methoxy groups -OCH3 is 1. The molecule has 124 valence electrons. The minimum absolute atomic E-state index is 0. The first kappa shape index (κ1) is 18.8. The molecule has 0 saturated carbocycles. The molecule has 0 aliphatic carbocycles. The lowest BCUT2D eigenvalue weighted by Crippen LogP contribution is -2.38. The minimum Gasteiger partial charge on any atom is -0.496 e. The summed E-state index contributed by atoms with van der Waals surface area (Å²) < 4.78 is 5.36. The second kappa shape index (κ2) is 9.70. The SMILES string of the molecule is COc1ccccc1C(C)CC(=O)NCC1CCCNC1.Cl. The molecule has 5 heteroatoms. The molecule has 1 aliphatic heterocycles. The van der Waals surface area contributed by atoms with Crippen LogP contribution in [0.5, 0.6) is 5.75 Å². The first-order valence-corrected chi connectivity index (χ1v) is 7.81. The molecule has 1 aromatic rings. The molecule has 1 amide bonds. The summed E-state index contributed by atoms with van der Waals surface area (Å²) in [6.07, 6.45) is 2.91. The maximum Gasteiger partial charge on any atom is 0.220 e. The van der Waals surface area contributed by atoms with Crippen LogP contribution < -0.4 is 15.4 Å². The van der Waals surface area contributed by atoms with E-state index in [2.05, 4.69) is 17.6 Å². The van der Waals surface area contributed by atoms with Gasteiger partial charge in [-0.15, -0.1) is 12.4 Å². The van der Waals surface area contributed by atoms with Gasteiger partial charge in [-0.05, 0) is 49.4 Å². The highest BCUT2D eigenvalue weighted by molar-refractivity contribution is 5.85. The summed E-state index contributed by atoms with van der Waals surface area (Å²) in [5, 5.41) is 6.44. The molecule has 2 atom stereocenters. The lowest BCUT2D eigenvalue weighted by molar-refractivity contribution is -0.121. The van der Waals surface area contributed by atoms with Gasteiger partial charge in [0.1, 0.15) is 5.75 Å². The van der Waals surface area contributed by atoms with Crippen molar-refractivity contribution in [2.45, 2.75) is 32.1 Å². The van der Waals surface area contributed by atoms with Gasteiger partial charge in [0, 0.05) is 13.0 Å². The quantitative estimate of drug-likeness (QED) is 0.845. The van der Waals surface area contributed by atoms with Crippen LogP contribution in [0.25, 0.3) is 0 Å². The molecule has 2 N–H and O–H groups in total. The molecule has 0 radical (unpaired) electrons. The average molecular weight is 327 g/mol.